The summed E-state index contributed by atoms with van der Waals surface area (Å²) in [7, 11) is 0. The number of aliphatic carboxylic acids is 1. The molecule has 0 aliphatic carbocycles. The highest BCUT2D eigenvalue weighted by Crippen LogP contribution is 2.35. The number of aliphatic hydroxyl groups is 1. The number of guanidine groups is 1. The summed E-state index contributed by atoms with van der Waals surface area (Å²) in [5.74, 6) is -2.04. The smallest absolute Gasteiger partial charge is 0.328 e. The van der Waals surface area contributed by atoms with Gasteiger partial charge in [-0.1, -0.05) is 35.9 Å². The average molecular weight is 616 g/mol. The highest BCUT2D eigenvalue weighted by Gasteiger charge is 2.31. The number of aliphatic imine (C=N–C) groups is 2. The van der Waals surface area contributed by atoms with E-state index >= 15 is 0 Å². The molecule has 1 saturated heterocycles. The van der Waals surface area contributed by atoms with E-state index in [-0.39, 0.29) is 65.3 Å². The van der Waals surface area contributed by atoms with Gasteiger partial charge in [0.2, 0.25) is 18.0 Å². The molecule has 2 aliphatic heterocycles. The Morgan fingerprint density at radius 3 is 2.74 bits per heavy atom. The molecule has 2 atom stereocenters. The van der Waals surface area contributed by atoms with Gasteiger partial charge >= 0.3 is 5.97 Å². The number of carbonyl (C=O) groups excluding carboxylic acids is 2. The van der Waals surface area contributed by atoms with Crippen LogP contribution < -0.4 is 10.6 Å². The van der Waals surface area contributed by atoms with Crippen molar-refractivity contribution in [2.24, 2.45) is 9.98 Å². The van der Waals surface area contributed by atoms with Crippen LogP contribution in [-0.4, -0.2) is 88.3 Å². The zero-order chi connectivity index (χ0) is 30.4. The number of benzene rings is 1. The molecule has 0 unspecified atom stereocenters. The Labute approximate surface area is 250 Å². The standard InChI is InChI=1S/C27H27Cl2N7O6/c1-2-7-31-21-4-3-20(42-21)25(39)35-9-6-17-15(12-35)10-18(28)22(23(17)29)24(38)34-19(26(40)41)11-32-27(33-14-30)36-8-5-16(37)13-36/h2-4,7,10,16,19,37H,1,5-6,8-9,11-13H2,(H,32,33)(H,34,38)(H,40,41)/b31-7-/t16-,19-/m0/s1. The van der Waals surface area contributed by atoms with E-state index in [0.717, 1.165) is 0 Å². The zero-order valence-corrected chi connectivity index (χ0v) is 23.7. The van der Waals surface area contributed by atoms with Crippen LogP contribution in [0, 0.1) is 11.5 Å². The SMILES string of the molecule is C=C/C=N\c1ccc(C(=O)N2CCc3c(cc(Cl)c(C(=O)N[C@@H](CN/C(=N\C#N)N4CC[C@H](O)C4)C(=O)O)c3Cl)C2)o1. The third-order valence-electron chi connectivity index (χ3n) is 6.72. The van der Waals surface area contributed by atoms with Gasteiger partial charge in [-0.15, -0.1) is 4.99 Å². The van der Waals surface area contributed by atoms with Crippen molar-refractivity contribution in [3.63, 3.8) is 0 Å². The molecule has 1 aromatic carbocycles. The first-order chi connectivity index (χ1) is 20.1. The number of carboxylic acids is 1. The maximum atomic E-state index is 13.2. The van der Waals surface area contributed by atoms with Gasteiger partial charge in [-0.3, -0.25) is 9.59 Å². The number of hydrogen-bond acceptors (Lipinski definition) is 8. The summed E-state index contributed by atoms with van der Waals surface area (Å²) >= 11 is 13.1. The number of hydrogen-bond donors (Lipinski definition) is 4. The average Bonchev–Trinajstić information content (AvgIpc) is 3.61. The molecule has 220 valence electrons. The summed E-state index contributed by atoms with van der Waals surface area (Å²) < 4.78 is 5.49. The summed E-state index contributed by atoms with van der Waals surface area (Å²) in [4.78, 5) is 49.0. The lowest BCUT2D eigenvalue weighted by molar-refractivity contribution is -0.139. The van der Waals surface area contributed by atoms with Crippen molar-refractivity contribution in [3.05, 3.63) is 63.3 Å². The van der Waals surface area contributed by atoms with Gasteiger partial charge in [0.25, 0.3) is 11.8 Å². The van der Waals surface area contributed by atoms with Crippen molar-refractivity contribution in [1.29, 1.82) is 5.26 Å². The Morgan fingerprint density at radius 2 is 2.07 bits per heavy atom. The largest absolute Gasteiger partial charge is 0.480 e. The van der Waals surface area contributed by atoms with E-state index in [9.17, 15) is 24.6 Å². The second-order valence-electron chi connectivity index (χ2n) is 9.48. The molecule has 2 aliphatic rings. The highest BCUT2D eigenvalue weighted by molar-refractivity contribution is 6.40. The molecule has 0 saturated carbocycles. The van der Waals surface area contributed by atoms with Gasteiger partial charge in [-0.25, -0.2) is 9.79 Å². The van der Waals surface area contributed by atoms with Crippen LogP contribution in [0.3, 0.4) is 0 Å². The van der Waals surface area contributed by atoms with Crippen molar-refractivity contribution in [1.82, 2.24) is 20.4 Å². The Hall–Kier alpha value is -4.38. The van der Waals surface area contributed by atoms with Gasteiger partial charge in [0.1, 0.15) is 6.04 Å². The number of amides is 2. The van der Waals surface area contributed by atoms with Crippen molar-refractivity contribution < 1.29 is 29.0 Å². The molecule has 42 heavy (non-hydrogen) atoms. The number of β-amino-alcohol motifs (C(OH)–C–C–N with tert-alkyl or cyclic N) is 1. The number of nitriles is 1. The van der Waals surface area contributed by atoms with Crippen LogP contribution in [-0.2, 0) is 17.8 Å². The van der Waals surface area contributed by atoms with Crippen molar-refractivity contribution in [2.75, 3.05) is 26.2 Å². The number of halogens is 2. The monoisotopic (exact) mass is 615 g/mol. The minimum Gasteiger partial charge on any atom is -0.480 e. The van der Waals surface area contributed by atoms with Crippen molar-refractivity contribution in [3.8, 4) is 6.19 Å². The van der Waals surface area contributed by atoms with E-state index in [2.05, 4.69) is 27.2 Å². The highest BCUT2D eigenvalue weighted by atomic mass is 35.5. The van der Waals surface area contributed by atoms with Crippen LogP contribution in [0.25, 0.3) is 0 Å². The van der Waals surface area contributed by atoms with Crippen molar-refractivity contribution in [2.45, 2.75) is 31.5 Å². The summed E-state index contributed by atoms with van der Waals surface area (Å²) in [5.41, 5.74) is 1.17. The minimum absolute atomic E-state index is 0.0144. The quantitative estimate of drug-likeness (QED) is 0.196. The first kappa shape index (κ1) is 30.6. The third kappa shape index (κ3) is 6.91. The number of rotatable bonds is 8. The third-order valence-corrected chi connectivity index (χ3v) is 7.43. The van der Waals surface area contributed by atoms with Crippen LogP contribution in [0.1, 0.15) is 38.5 Å². The number of furan rings is 1. The number of allylic oxidation sites excluding steroid dienone is 1. The van der Waals surface area contributed by atoms with E-state index in [1.54, 1.807) is 22.1 Å². The van der Waals surface area contributed by atoms with Crippen molar-refractivity contribution >= 4 is 59.0 Å². The first-order valence-corrected chi connectivity index (χ1v) is 13.6. The molecular formula is C27H27Cl2N7O6. The molecule has 2 amide bonds. The molecular weight excluding hydrogens is 589 g/mol. The molecule has 13 nitrogen and oxygen atoms in total. The molecule has 15 heteroatoms. The van der Waals surface area contributed by atoms with Crippen LogP contribution in [0.2, 0.25) is 10.0 Å². The van der Waals surface area contributed by atoms with Gasteiger partial charge in [0, 0.05) is 45.0 Å². The minimum atomic E-state index is -1.43. The molecule has 4 rings (SSSR count). The van der Waals surface area contributed by atoms with Crippen LogP contribution in [0.4, 0.5) is 5.88 Å². The molecule has 0 radical (unpaired) electrons. The second-order valence-corrected chi connectivity index (χ2v) is 10.3. The summed E-state index contributed by atoms with van der Waals surface area (Å²) in [6.07, 6.45) is 4.77. The van der Waals surface area contributed by atoms with Crippen LogP contribution in [0.5, 0.6) is 0 Å². The number of likely N-dealkylation sites (tertiary alicyclic amines) is 1. The molecule has 0 spiro atoms. The predicted molar refractivity (Wildman–Crippen MR) is 154 cm³/mol. The van der Waals surface area contributed by atoms with Crippen LogP contribution >= 0.6 is 23.2 Å². The number of nitrogens with one attached hydrogen (secondary N) is 2. The molecule has 2 aromatic rings. The lowest BCUT2D eigenvalue weighted by atomic mass is 9.96. The summed E-state index contributed by atoms with van der Waals surface area (Å²) in [5, 5.41) is 33.7. The van der Waals surface area contributed by atoms with Crippen LogP contribution in [0.15, 0.2) is 45.3 Å². The molecule has 1 aromatic heterocycles. The first-order valence-electron chi connectivity index (χ1n) is 12.8. The number of nitrogens with zero attached hydrogens (tertiary/aromatic N) is 5. The molecule has 4 N–H and O–H groups in total. The topological polar surface area (TPSA) is 184 Å². The molecule has 0 bridgehead atoms. The fraction of sp³-hybridized carbons (Fsp3) is 0.333. The van der Waals surface area contributed by atoms with Gasteiger partial charge in [-0.2, -0.15) is 5.26 Å². The van der Waals surface area contributed by atoms with E-state index < -0.39 is 24.0 Å². The fourth-order valence-electron chi connectivity index (χ4n) is 4.65. The number of fused-ring (bicyclic) bond motifs is 1. The van der Waals surface area contributed by atoms with E-state index in [1.807, 2.05) is 0 Å². The Kier molecular flexibility index (Phi) is 9.84. The lowest BCUT2D eigenvalue weighted by Crippen LogP contribution is -2.51. The van der Waals surface area contributed by atoms with E-state index in [1.165, 1.54) is 24.4 Å². The van der Waals surface area contributed by atoms with Gasteiger partial charge in [0.15, 0.2) is 5.76 Å². The molecule has 3 heterocycles. The Bertz CT molecular complexity index is 1500. The second kappa shape index (κ2) is 13.5. The summed E-state index contributed by atoms with van der Waals surface area (Å²) in [6.45, 7) is 4.33. The van der Waals surface area contributed by atoms with E-state index in [0.29, 0.717) is 30.5 Å². The van der Waals surface area contributed by atoms with E-state index in [4.69, 9.17) is 32.9 Å². The Morgan fingerprint density at radius 1 is 1.29 bits per heavy atom. The molecule has 1 fully saturated rings. The van der Waals surface area contributed by atoms with Gasteiger partial charge in [0.05, 0.1) is 21.7 Å². The predicted octanol–water partition coefficient (Wildman–Crippen LogP) is 2.35. The summed E-state index contributed by atoms with van der Waals surface area (Å²) in [6, 6.07) is 3.19. The normalized spacial score (nSPS) is 17.5. The maximum Gasteiger partial charge on any atom is 0.328 e. The number of aliphatic hydroxyl groups excluding tert-OH is 1. The fourth-order valence-corrected chi connectivity index (χ4v) is 5.42. The Balaban J connectivity index is 1.46. The van der Waals surface area contributed by atoms with Gasteiger partial charge < -0.3 is 35.1 Å². The number of carbonyl (C=O) groups is 3. The maximum absolute atomic E-state index is 13.2. The number of carboxylic acid groups (broad SMARTS) is 1. The lowest BCUT2D eigenvalue weighted by Gasteiger charge is -2.30. The van der Waals surface area contributed by atoms with Gasteiger partial charge in [-0.05, 0) is 36.1 Å². The zero-order valence-electron chi connectivity index (χ0n) is 22.2.